The number of hydrogen-bond acceptors (Lipinski definition) is 4. The molecule has 0 atom stereocenters. The van der Waals surface area contributed by atoms with E-state index in [9.17, 15) is 0 Å². The van der Waals surface area contributed by atoms with E-state index in [1.54, 1.807) is 0 Å². The quantitative estimate of drug-likeness (QED) is 0.830. The van der Waals surface area contributed by atoms with Crippen LogP contribution >= 0.6 is 0 Å². The highest BCUT2D eigenvalue weighted by molar-refractivity contribution is 5.30. The molecule has 0 radical (unpaired) electrons. The summed E-state index contributed by atoms with van der Waals surface area (Å²) in [7, 11) is 1.97. The number of anilines is 1. The van der Waals surface area contributed by atoms with Crippen molar-refractivity contribution in [2.24, 2.45) is 0 Å². The summed E-state index contributed by atoms with van der Waals surface area (Å²) in [6.07, 6.45) is 1.81. The van der Waals surface area contributed by atoms with E-state index in [4.69, 9.17) is 4.42 Å². The Morgan fingerprint density at radius 2 is 2.06 bits per heavy atom. The molecule has 0 aliphatic rings. The molecule has 0 fully saturated rings. The maximum Gasteiger partial charge on any atom is 0.225 e. The van der Waals surface area contributed by atoms with Crippen LogP contribution in [0.15, 0.2) is 28.8 Å². The zero-order valence-electron chi connectivity index (χ0n) is 11.3. The fourth-order valence-electron chi connectivity index (χ4n) is 1.74. The van der Waals surface area contributed by atoms with E-state index in [-0.39, 0.29) is 0 Å². The van der Waals surface area contributed by atoms with Gasteiger partial charge < -0.3 is 9.32 Å². The summed E-state index contributed by atoms with van der Waals surface area (Å²) in [6.45, 7) is 6.87. The van der Waals surface area contributed by atoms with Crippen molar-refractivity contribution in [1.29, 1.82) is 0 Å². The molecule has 0 aliphatic carbocycles. The topological polar surface area (TPSA) is 42.2 Å². The Morgan fingerprint density at radius 1 is 1.28 bits per heavy atom. The first-order valence-corrected chi connectivity index (χ1v) is 6.15. The number of hydrogen-bond donors (Lipinski definition) is 0. The Morgan fingerprint density at radius 3 is 2.67 bits per heavy atom. The van der Waals surface area contributed by atoms with Crippen LogP contribution in [-0.2, 0) is 6.54 Å². The van der Waals surface area contributed by atoms with Gasteiger partial charge in [0, 0.05) is 18.9 Å². The van der Waals surface area contributed by atoms with E-state index >= 15 is 0 Å². The van der Waals surface area contributed by atoms with E-state index in [2.05, 4.69) is 23.8 Å². The minimum Gasteiger partial charge on any atom is -0.464 e. The van der Waals surface area contributed by atoms with Gasteiger partial charge in [0.2, 0.25) is 5.95 Å². The van der Waals surface area contributed by atoms with Crippen LogP contribution in [0.2, 0.25) is 0 Å². The standard InChI is InChI=1S/C14H19N3O/c1-10(2)13-7-8-15-14(16-13)17(4)9-12-6-5-11(3)18-12/h5-8,10H,9H2,1-4H3. The molecule has 2 heterocycles. The van der Waals surface area contributed by atoms with Gasteiger partial charge in [0.05, 0.1) is 6.54 Å². The fraction of sp³-hybridized carbons (Fsp3) is 0.429. The van der Waals surface area contributed by atoms with Crippen molar-refractivity contribution in [2.75, 3.05) is 11.9 Å². The predicted molar refractivity (Wildman–Crippen MR) is 71.7 cm³/mol. The van der Waals surface area contributed by atoms with Gasteiger partial charge in [-0.25, -0.2) is 9.97 Å². The number of rotatable bonds is 4. The number of furan rings is 1. The Labute approximate surface area is 108 Å². The summed E-state index contributed by atoms with van der Waals surface area (Å²) in [5, 5.41) is 0. The molecule has 0 N–H and O–H groups in total. The summed E-state index contributed by atoms with van der Waals surface area (Å²) < 4.78 is 5.56. The highest BCUT2D eigenvalue weighted by Crippen LogP contribution is 2.16. The van der Waals surface area contributed by atoms with Gasteiger partial charge in [-0.2, -0.15) is 0 Å². The highest BCUT2D eigenvalue weighted by Gasteiger charge is 2.09. The van der Waals surface area contributed by atoms with Crippen LogP contribution < -0.4 is 4.90 Å². The molecular weight excluding hydrogens is 226 g/mol. The molecule has 0 aromatic carbocycles. The van der Waals surface area contributed by atoms with Crippen LogP contribution in [-0.4, -0.2) is 17.0 Å². The lowest BCUT2D eigenvalue weighted by Gasteiger charge is -2.16. The van der Waals surface area contributed by atoms with Gasteiger partial charge >= 0.3 is 0 Å². The van der Waals surface area contributed by atoms with Crippen LogP contribution in [0.5, 0.6) is 0 Å². The Balaban J connectivity index is 2.13. The van der Waals surface area contributed by atoms with E-state index in [1.807, 2.05) is 43.3 Å². The fourth-order valence-corrected chi connectivity index (χ4v) is 1.74. The SMILES string of the molecule is Cc1ccc(CN(C)c2nccc(C(C)C)n2)o1. The van der Waals surface area contributed by atoms with Crippen molar-refractivity contribution in [3.8, 4) is 0 Å². The molecule has 0 bridgehead atoms. The van der Waals surface area contributed by atoms with Crippen molar-refractivity contribution in [3.63, 3.8) is 0 Å². The highest BCUT2D eigenvalue weighted by atomic mass is 16.3. The van der Waals surface area contributed by atoms with Gasteiger partial charge in [0.25, 0.3) is 0 Å². The minimum atomic E-state index is 0.408. The van der Waals surface area contributed by atoms with Crippen molar-refractivity contribution in [2.45, 2.75) is 33.2 Å². The Bertz CT molecular complexity index is 519. The molecule has 2 rings (SSSR count). The predicted octanol–water partition coefficient (Wildman–Crippen LogP) is 3.14. The van der Waals surface area contributed by atoms with Gasteiger partial charge in [0.1, 0.15) is 11.5 Å². The second kappa shape index (κ2) is 5.21. The molecular formula is C14H19N3O. The van der Waals surface area contributed by atoms with Gasteiger partial charge in [0.15, 0.2) is 0 Å². The van der Waals surface area contributed by atoms with E-state index < -0.39 is 0 Å². The number of aryl methyl sites for hydroxylation is 1. The van der Waals surface area contributed by atoms with Gasteiger partial charge in [-0.1, -0.05) is 13.8 Å². The summed E-state index contributed by atoms with van der Waals surface area (Å²) in [4.78, 5) is 10.8. The van der Waals surface area contributed by atoms with Crippen LogP contribution in [0, 0.1) is 6.92 Å². The third kappa shape index (κ3) is 2.88. The third-order valence-corrected chi connectivity index (χ3v) is 2.79. The maximum atomic E-state index is 5.56. The molecule has 2 aromatic heterocycles. The molecule has 0 spiro atoms. The second-order valence-corrected chi connectivity index (χ2v) is 4.80. The normalized spacial score (nSPS) is 10.9. The zero-order chi connectivity index (χ0) is 13.1. The number of nitrogens with zero attached hydrogens (tertiary/aromatic N) is 3. The molecule has 18 heavy (non-hydrogen) atoms. The van der Waals surface area contributed by atoms with Gasteiger partial charge in [-0.3, -0.25) is 0 Å². The lowest BCUT2D eigenvalue weighted by molar-refractivity contribution is 0.480. The van der Waals surface area contributed by atoms with Crippen LogP contribution in [0.4, 0.5) is 5.95 Å². The van der Waals surface area contributed by atoms with E-state index in [1.165, 1.54) is 0 Å². The minimum absolute atomic E-state index is 0.408. The van der Waals surface area contributed by atoms with E-state index in [0.29, 0.717) is 12.5 Å². The second-order valence-electron chi connectivity index (χ2n) is 4.80. The van der Waals surface area contributed by atoms with Gasteiger partial charge in [-0.15, -0.1) is 0 Å². The molecule has 2 aromatic rings. The average molecular weight is 245 g/mol. The molecule has 0 saturated heterocycles. The zero-order valence-corrected chi connectivity index (χ0v) is 11.3. The van der Waals surface area contributed by atoms with Crippen LogP contribution in [0.1, 0.15) is 37.0 Å². The van der Waals surface area contributed by atoms with Crippen molar-refractivity contribution in [1.82, 2.24) is 9.97 Å². The molecule has 0 amide bonds. The lowest BCUT2D eigenvalue weighted by Crippen LogP contribution is -2.19. The summed E-state index contributed by atoms with van der Waals surface area (Å²) >= 11 is 0. The summed E-state index contributed by atoms with van der Waals surface area (Å²) in [5.41, 5.74) is 1.06. The molecule has 4 heteroatoms. The maximum absolute atomic E-state index is 5.56. The van der Waals surface area contributed by atoms with Crippen LogP contribution in [0.3, 0.4) is 0 Å². The first kappa shape index (κ1) is 12.6. The first-order valence-electron chi connectivity index (χ1n) is 6.15. The molecule has 96 valence electrons. The van der Waals surface area contributed by atoms with E-state index in [0.717, 1.165) is 23.2 Å². The summed E-state index contributed by atoms with van der Waals surface area (Å²) in [6, 6.07) is 5.91. The monoisotopic (exact) mass is 245 g/mol. The number of aromatic nitrogens is 2. The molecule has 0 unspecified atom stereocenters. The summed E-state index contributed by atoms with van der Waals surface area (Å²) in [5.74, 6) is 2.99. The first-order chi connectivity index (χ1) is 8.56. The Hall–Kier alpha value is -1.84. The molecule has 0 aliphatic heterocycles. The van der Waals surface area contributed by atoms with Crippen LogP contribution in [0.25, 0.3) is 0 Å². The average Bonchev–Trinajstić information content (AvgIpc) is 2.75. The van der Waals surface area contributed by atoms with Gasteiger partial charge in [-0.05, 0) is 31.0 Å². The molecule has 4 nitrogen and oxygen atoms in total. The van der Waals surface area contributed by atoms with Crippen molar-refractivity contribution >= 4 is 5.95 Å². The third-order valence-electron chi connectivity index (χ3n) is 2.79. The van der Waals surface area contributed by atoms with Crippen molar-refractivity contribution in [3.05, 3.63) is 41.6 Å². The Kier molecular flexibility index (Phi) is 3.65. The van der Waals surface area contributed by atoms with Crippen molar-refractivity contribution < 1.29 is 4.42 Å². The smallest absolute Gasteiger partial charge is 0.225 e. The molecule has 0 saturated carbocycles. The largest absolute Gasteiger partial charge is 0.464 e. The lowest BCUT2D eigenvalue weighted by atomic mass is 10.1.